The molecule has 3 rings (SSSR count). The summed E-state index contributed by atoms with van der Waals surface area (Å²) >= 11 is 1.16. The van der Waals surface area contributed by atoms with Crippen LogP contribution in [-0.2, 0) is 17.6 Å². The minimum Gasteiger partial charge on any atom is -0.506 e. The van der Waals surface area contributed by atoms with Gasteiger partial charge in [-0.3, -0.25) is 4.79 Å². The average Bonchev–Trinajstić information content (AvgIpc) is 3.15. The number of benzene rings is 2. The van der Waals surface area contributed by atoms with Crippen molar-refractivity contribution in [1.82, 2.24) is 10.3 Å². The van der Waals surface area contributed by atoms with Crippen LogP contribution < -0.4 is 10.2 Å². The number of nitrogens with one attached hydrogen (secondary N) is 2. The summed E-state index contributed by atoms with van der Waals surface area (Å²) in [5.74, 6) is 0.759. The molecule has 31 heavy (non-hydrogen) atoms. The monoisotopic (exact) mass is 464 g/mol. The molecule has 0 saturated carbocycles. The van der Waals surface area contributed by atoms with Crippen LogP contribution in [0.1, 0.15) is 37.3 Å². The van der Waals surface area contributed by atoms with E-state index in [1.807, 2.05) is 12.1 Å². The Labute approximate surface area is 194 Å². The molecule has 3 aromatic rings. The number of rotatable bonds is 13. The molecule has 3 N–H and O–H groups in total. The zero-order valence-corrected chi connectivity index (χ0v) is 19.7. The number of fused-ring (bicyclic) bond motifs is 1. The molecular weight excluding hydrogens is 432 g/mol. The van der Waals surface area contributed by atoms with E-state index >= 15 is 0 Å². The molecule has 0 radical (unpaired) electrons. The van der Waals surface area contributed by atoms with E-state index < -0.39 is 0 Å². The number of hydrogen-bond donors (Lipinski definition) is 3. The molecule has 1 atom stereocenters. The molecule has 0 bridgehead atoms. The second-order valence-electron chi connectivity index (χ2n) is 7.87. The zero-order chi connectivity index (χ0) is 21.2. The van der Waals surface area contributed by atoms with Crippen molar-refractivity contribution < 1.29 is 9.84 Å². The number of unbranched alkanes of at least 4 members (excludes halogenated alkanes) is 1. The van der Waals surface area contributed by atoms with Gasteiger partial charge in [-0.05, 0) is 61.9 Å². The highest BCUT2D eigenvalue weighted by Gasteiger charge is 2.09. The predicted octanol–water partition coefficient (Wildman–Crippen LogP) is 4.91. The Morgan fingerprint density at radius 2 is 1.90 bits per heavy atom. The van der Waals surface area contributed by atoms with Crippen molar-refractivity contribution in [2.45, 2.75) is 39.0 Å². The highest BCUT2D eigenvalue weighted by atomic mass is 35.5. The van der Waals surface area contributed by atoms with Crippen molar-refractivity contribution >= 4 is 34.0 Å². The molecule has 0 spiro atoms. The Kier molecular flexibility index (Phi) is 11.1. The molecule has 0 saturated heterocycles. The van der Waals surface area contributed by atoms with Gasteiger partial charge in [0.15, 0.2) is 0 Å². The number of halogens is 1. The topological polar surface area (TPSA) is 74.3 Å². The summed E-state index contributed by atoms with van der Waals surface area (Å²) < 4.78 is 6.62. The normalized spacial score (nSPS) is 12.0. The Balaban J connectivity index is 0.00000341. The summed E-state index contributed by atoms with van der Waals surface area (Å²) in [5.41, 5.74) is 2.98. The summed E-state index contributed by atoms with van der Waals surface area (Å²) in [6.45, 7) is 5.75. The Morgan fingerprint density at radius 1 is 1.10 bits per heavy atom. The number of aromatic nitrogens is 1. The van der Waals surface area contributed by atoms with E-state index in [0.717, 1.165) is 67.2 Å². The maximum Gasteiger partial charge on any atom is 0.305 e. The van der Waals surface area contributed by atoms with Gasteiger partial charge >= 0.3 is 4.87 Å². The highest BCUT2D eigenvalue weighted by Crippen LogP contribution is 2.27. The summed E-state index contributed by atoms with van der Waals surface area (Å²) in [6, 6.07) is 14.0. The zero-order valence-electron chi connectivity index (χ0n) is 18.1. The SMILES string of the molecule is CC(CCCCOCCc1ccccc1)CNCCc1ccc(O)c2[nH]c(=O)sc12.Cl. The lowest BCUT2D eigenvalue weighted by Gasteiger charge is -2.13. The van der Waals surface area contributed by atoms with Gasteiger partial charge in [0.2, 0.25) is 0 Å². The molecule has 0 amide bonds. The van der Waals surface area contributed by atoms with Crippen LogP contribution in [0.4, 0.5) is 0 Å². The van der Waals surface area contributed by atoms with Crippen LogP contribution in [-0.4, -0.2) is 36.4 Å². The van der Waals surface area contributed by atoms with Crippen LogP contribution >= 0.6 is 23.7 Å². The highest BCUT2D eigenvalue weighted by molar-refractivity contribution is 7.16. The largest absolute Gasteiger partial charge is 0.506 e. The maximum absolute atomic E-state index is 11.6. The minimum atomic E-state index is -0.127. The van der Waals surface area contributed by atoms with Crippen molar-refractivity contribution in [3.05, 3.63) is 63.3 Å². The van der Waals surface area contributed by atoms with Gasteiger partial charge in [-0.15, -0.1) is 12.4 Å². The van der Waals surface area contributed by atoms with Crippen molar-refractivity contribution in [3.8, 4) is 5.75 Å². The third kappa shape index (κ3) is 8.30. The average molecular weight is 465 g/mol. The number of H-pyrrole nitrogens is 1. The van der Waals surface area contributed by atoms with Crippen molar-refractivity contribution in [2.24, 2.45) is 5.92 Å². The number of ether oxygens (including phenoxy) is 1. The van der Waals surface area contributed by atoms with E-state index in [2.05, 4.69) is 41.5 Å². The van der Waals surface area contributed by atoms with Gasteiger partial charge in [-0.2, -0.15) is 0 Å². The molecule has 0 fully saturated rings. The van der Waals surface area contributed by atoms with Gasteiger partial charge in [0, 0.05) is 6.61 Å². The number of phenolic OH excluding ortho intramolecular Hbond substituents is 1. The van der Waals surface area contributed by atoms with E-state index in [1.165, 1.54) is 18.4 Å². The number of aromatic amines is 1. The van der Waals surface area contributed by atoms with E-state index in [0.29, 0.717) is 11.4 Å². The summed E-state index contributed by atoms with van der Waals surface area (Å²) in [7, 11) is 0. The fourth-order valence-electron chi connectivity index (χ4n) is 3.58. The molecule has 2 aromatic carbocycles. The molecule has 5 nitrogen and oxygen atoms in total. The number of thiazole rings is 1. The van der Waals surface area contributed by atoms with Gasteiger partial charge in [-0.25, -0.2) is 0 Å². The van der Waals surface area contributed by atoms with Crippen molar-refractivity contribution in [2.75, 3.05) is 26.3 Å². The molecule has 7 heteroatoms. The van der Waals surface area contributed by atoms with Crippen LogP contribution in [0.2, 0.25) is 0 Å². The third-order valence-electron chi connectivity index (χ3n) is 5.32. The second-order valence-corrected chi connectivity index (χ2v) is 8.85. The molecule has 0 aliphatic heterocycles. The van der Waals surface area contributed by atoms with Crippen molar-refractivity contribution in [3.63, 3.8) is 0 Å². The van der Waals surface area contributed by atoms with Crippen LogP contribution in [0.3, 0.4) is 0 Å². The standard InChI is InChI=1S/C24H32N2O3S.ClH/c1-18(7-5-6-15-29-16-13-19-8-3-2-4-9-19)17-25-14-12-20-10-11-21(27)22-23(20)30-24(28)26-22;/h2-4,8-11,18,25,27H,5-7,12-17H2,1H3,(H,26,28);1H. The van der Waals surface area contributed by atoms with Crippen LogP contribution in [0.25, 0.3) is 10.2 Å². The third-order valence-corrected chi connectivity index (χ3v) is 6.27. The van der Waals surface area contributed by atoms with Gasteiger partial charge in [0.1, 0.15) is 11.3 Å². The molecule has 0 aliphatic rings. The Bertz CT molecular complexity index is 958. The summed E-state index contributed by atoms with van der Waals surface area (Å²) in [4.78, 5) is 14.2. The maximum atomic E-state index is 11.6. The number of aromatic hydroxyl groups is 1. The molecule has 1 heterocycles. The van der Waals surface area contributed by atoms with Gasteiger partial charge in [0.05, 0.1) is 11.3 Å². The lowest BCUT2D eigenvalue weighted by atomic mass is 10.0. The second kappa shape index (κ2) is 13.5. The number of phenols is 1. The first-order valence-electron chi connectivity index (χ1n) is 10.8. The van der Waals surface area contributed by atoms with Crippen LogP contribution in [0.5, 0.6) is 5.75 Å². The van der Waals surface area contributed by atoms with Gasteiger partial charge < -0.3 is 20.1 Å². The Morgan fingerprint density at radius 3 is 2.71 bits per heavy atom. The fraction of sp³-hybridized carbons (Fsp3) is 0.458. The van der Waals surface area contributed by atoms with Crippen LogP contribution in [0, 0.1) is 5.92 Å². The summed E-state index contributed by atoms with van der Waals surface area (Å²) in [5, 5.41) is 13.4. The molecule has 1 aromatic heterocycles. The lowest BCUT2D eigenvalue weighted by Crippen LogP contribution is -2.23. The van der Waals surface area contributed by atoms with Crippen LogP contribution in [0.15, 0.2) is 47.3 Å². The quantitative estimate of drug-likeness (QED) is 0.314. The first-order chi connectivity index (χ1) is 14.6. The Hall–Kier alpha value is -1.86. The molecule has 170 valence electrons. The fourth-order valence-corrected chi connectivity index (χ4v) is 4.47. The van der Waals surface area contributed by atoms with E-state index in [-0.39, 0.29) is 23.0 Å². The minimum absolute atomic E-state index is 0. The first kappa shape index (κ1) is 25.4. The molecule has 0 aliphatic carbocycles. The van der Waals surface area contributed by atoms with Gasteiger partial charge in [0.25, 0.3) is 0 Å². The van der Waals surface area contributed by atoms with E-state index in [9.17, 15) is 9.90 Å². The smallest absolute Gasteiger partial charge is 0.305 e. The lowest BCUT2D eigenvalue weighted by molar-refractivity contribution is 0.132. The summed E-state index contributed by atoms with van der Waals surface area (Å²) in [6.07, 6.45) is 5.31. The molecule has 1 unspecified atom stereocenters. The van der Waals surface area contributed by atoms with Gasteiger partial charge in [-0.1, -0.05) is 61.1 Å². The van der Waals surface area contributed by atoms with E-state index in [1.54, 1.807) is 6.07 Å². The predicted molar refractivity (Wildman–Crippen MR) is 132 cm³/mol. The first-order valence-corrected chi connectivity index (χ1v) is 11.6. The molecular formula is C24H33ClN2O3S. The number of hydrogen-bond acceptors (Lipinski definition) is 5. The van der Waals surface area contributed by atoms with E-state index in [4.69, 9.17) is 4.74 Å². The van der Waals surface area contributed by atoms with Crippen molar-refractivity contribution in [1.29, 1.82) is 0 Å².